The van der Waals surface area contributed by atoms with E-state index in [0.29, 0.717) is 6.42 Å². The lowest BCUT2D eigenvalue weighted by Crippen LogP contribution is -1.93. The maximum atomic E-state index is 10.3. The summed E-state index contributed by atoms with van der Waals surface area (Å²) in [5, 5.41) is 8.50. The second-order valence-electron chi connectivity index (χ2n) is 6.77. The van der Waals surface area contributed by atoms with Crippen LogP contribution in [0.4, 0.5) is 0 Å². The Labute approximate surface area is 168 Å². The maximum absolute atomic E-state index is 10.3. The van der Waals surface area contributed by atoms with Gasteiger partial charge in [-0.1, -0.05) is 83.1 Å². The molecule has 0 saturated carbocycles. The molecule has 2 nitrogen and oxygen atoms in total. The average molecular weight is 387 g/mol. The first kappa shape index (κ1) is 27.5. The molecule has 0 fully saturated rings. The molecule has 0 bridgehead atoms. The van der Waals surface area contributed by atoms with Crippen LogP contribution in [0.15, 0.2) is 24.3 Å². The van der Waals surface area contributed by atoms with Gasteiger partial charge in [-0.15, -0.1) is 11.6 Å². The highest BCUT2D eigenvalue weighted by molar-refractivity contribution is 6.17. The van der Waals surface area contributed by atoms with E-state index in [1.165, 1.54) is 64.2 Å². The number of unbranched alkanes of at least 4 members (excludes halogenated alkanes) is 10. The summed E-state index contributed by atoms with van der Waals surface area (Å²) >= 11 is 5.38. The zero-order chi connectivity index (χ0) is 19.7. The topological polar surface area (TPSA) is 37.3 Å². The quantitative estimate of drug-likeness (QED) is 0.155. The van der Waals surface area contributed by atoms with Crippen molar-refractivity contribution >= 4 is 17.6 Å². The number of aliphatic carboxylic acids is 1. The fourth-order valence-corrected chi connectivity index (χ4v) is 2.62. The summed E-state index contributed by atoms with van der Waals surface area (Å²) in [4.78, 5) is 10.3. The SMILES string of the molecule is CCCCC/C=C\C/C=C\CCCCCCCC(=O)O.CCCCCCl. The Morgan fingerprint density at radius 2 is 1.23 bits per heavy atom. The first-order valence-corrected chi connectivity index (χ1v) is 11.3. The molecular formula is C23H43ClO2. The minimum absolute atomic E-state index is 0.324. The molecule has 0 atom stereocenters. The summed E-state index contributed by atoms with van der Waals surface area (Å²) in [5.41, 5.74) is 0. The summed E-state index contributed by atoms with van der Waals surface area (Å²) in [7, 11) is 0. The summed E-state index contributed by atoms with van der Waals surface area (Å²) < 4.78 is 0. The van der Waals surface area contributed by atoms with Gasteiger partial charge in [0.25, 0.3) is 0 Å². The maximum Gasteiger partial charge on any atom is 0.303 e. The molecule has 1 N–H and O–H groups in total. The van der Waals surface area contributed by atoms with Gasteiger partial charge in [-0.25, -0.2) is 0 Å². The molecule has 0 amide bonds. The average Bonchev–Trinajstić information content (AvgIpc) is 2.63. The Bertz CT molecular complexity index is 320. The van der Waals surface area contributed by atoms with E-state index in [2.05, 4.69) is 38.2 Å². The van der Waals surface area contributed by atoms with E-state index in [0.717, 1.165) is 31.6 Å². The second-order valence-corrected chi connectivity index (χ2v) is 7.15. The van der Waals surface area contributed by atoms with E-state index in [9.17, 15) is 4.79 Å². The smallest absolute Gasteiger partial charge is 0.303 e. The van der Waals surface area contributed by atoms with Crippen molar-refractivity contribution in [3.63, 3.8) is 0 Å². The Kier molecular flexibility index (Phi) is 28.0. The van der Waals surface area contributed by atoms with Crippen molar-refractivity contribution in [2.24, 2.45) is 0 Å². The monoisotopic (exact) mass is 386 g/mol. The van der Waals surface area contributed by atoms with Crippen LogP contribution in [0.25, 0.3) is 0 Å². The summed E-state index contributed by atoms with van der Waals surface area (Å²) in [5.74, 6) is 0.157. The van der Waals surface area contributed by atoms with Crippen LogP contribution < -0.4 is 0 Å². The third-order valence-corrected chi connectivity index (χ3v) is 4.35. The standard InChI is InChI=1S/C18H32O2.C5H11Cl/c1-2-3-4-5-6-7-8-9-10-11-12-13-14-15-16-17-18(19)20;1-2-3-4-5-6/h6-7,9-10H,2-5,8,11-17H2,1H3,(H,19,20);2-5H2,1H3/b7-6-,10-9-;. The Morgan fingerprint density at radius 1 is 0.731 bits per heavy atom. The number of carboxylic acids is 1. The molecule has 0 spiro atoms. The van der Waals surface area contributed by atoms with Gasteiger partial charge in [-0.05, 0) is 44.9 Å². The zero-order valence-electron chi connectivity index (χ0n) is 17.4. The number of halogens is 1. The largest absolute Gasteiger partial charge is 0.481 e. The molecule has 0 rings (SSSR count). The lowest BCUT2D eigenvalue weighted by molar-refractivity contribution is -0.137. The first-order valence-electron chi connectivity index (χ1n) is 10.8. The van der Waals surface area contributed by atoms with E-state index in [4.69, 9.17) is 16.7 Å². The van der Waals surface area contributed by atoms with Gasteiger partial charge in [-0.3, -0.25) is 4.79 Å². The number of alkyl halides is 1. The molecule has 0 aromatic rings. The minimum Gasteiger partial charge on any atom is -0.481 e. The van der Waals surface area contributed by atoms with E-state index >= 15 is 0 Å². The predicted octanol–water partition coefficient (Wildman–Crippen LogP) is 8.30. The van der Waals surface area contributed by atoms with Crippen molar-refractivity contribution in [1.29, 1.82) is 0 Å². The number of carbonyl (C=O) groups is 1. The summed E-state index contributed by atoms with van der Waals surface area (Å²) in [6.07, 6.45) is 26.0. The van der Waals surface area contributed by atoms with Gasteiger partial charge in [0.15, 0.2) is 0 Å². The molecule has 0 unspecified atom stereocenters. The second kappa shape index (κ2) is 26.5. The fraction of sp³-hybridized carbons (Fsp3) is 0.783. The third kappa shape index (κ3) is 31.1. The first-order chi connectivity index (χ1) is 12.7. The van der Waals surface area contributed by atoms with Crippen LogP contribution in [0.2, 0.25) is 0 Å². The molecule has 0 aliphatic heterocycles. The van der Waals surface area contributed by atoms with Crippen molar-refractivity contribution in [2.75, 3.05) is 5.88 Å². The van der Waals surface area contributed by atoms with Crippen molar-refractivity contribution in [1.82, 2.24) is 0 Å². The van der Waals surface area contributed by atoms with Crippen LogP contribution in [0, 0.1) is 0 Å². The molecule has 154 valence electrons. The van der Waals surface area contributed by atoms with Gasteiger partial charge in [0, 0.05) is 12.3 Å². The molecule has 0 aliphatic rings. The summed E-state index contributed by atoms with van der Waals surface area (Å²) in [6, 6.07) is 0. The van der Waals surface area contributed by atoms with Gasteiger partial charge in [0.2, 0.25) is 0 Å². The number of hydrogen-bond acceptors (Lipinski definition) is 1. The normalized spacial score (nSPS) is 11.0. The summed E-state index contributed by atoms with van der Waals surface area (Å²) in [6.45, 7) is 4.41. The lowest BCUT2D eigenvalue weighted by Gasteiger charge is -1.98. The predicted molar refractivity (Wildman–Crippen MR) is 117 cm³/mol. The van der Waals surface area contributed by atoms with Crippen LogP contribution in [-0.4, -0.2) is 17.0 Å². The molecular weight excluding hydrogens is 344 g/mol. The molecule has 0 aromatic heterocycles. The van der Waals surface area contributed by atoms with Gasteiger partial charge >= 0.3 is 5.97 Å². The molecule has 0 radical (unpaired) electrons. The molecule has 0 heterocycles. The Balaban J connectivity index is 0. The highest BCUT2D eigenvalue weighted by Crippen LogP contribution is 2.08. The van der Waals surface area contributed by atoms with Gasteiger partial charge < -0.3 is 5.11 Å². The van der Waals surface area contributed by atoms with Gasteiger partial charge in [-0.2, -0.15) is 0 Å². The number of hydrogen-bond donors (Lipinski definition) is 1. The van der Waals surface area contributed by atoms with E-state index in [-0.39, 0.29) is 0 Å². The highest BCUT2D eigenvalue weighted by Gasteiger charge is 1.95. The van der Waals surface area contributed by atoms with Crippen LogP contribution in [0.1, 0.15) is 110 Å². The number of rotatable bonds is 17. The number of allylic oxidation sites excluding steroid dienone is 4. The molecule has 0 saturated heterocycles. The van der Waals surface area contributed by atoms with Crippen molar-refractivity contribution in [2.45, 2.75) is 110 Å². The van der Waals surface area contributed by atoms with E-state index < -0.39 is 5.97 Å². The number of carboxylic acid groups (broad SMARTS) is 1. The van der Waals surface area contributed by atoms with E-state index in [1.807, 2.05) is 0 Å². The van der Waals surface area contributed by atoms with Crippen molar-refractivity contribution in [3.8, 4) is 0 Å². The Hall–Kier alpha value is -0.760. The van der Waals surface area contributed by atoms with Crippen molar-refractivity contribution in [3.05, 3.63) is 24.3 Å². The molecule has 0 aliphatic carbocycles. The molecule has 3 heteroatoms. The lowest BCUT2D eigenvalue weighted by atomic mass is 10.1. The van der Waals surface area contributed by atoms with Crippen molar-refractivity contribution < 1.29 is 9.90 Å². The highest BCUT2D eigenvalue weighted by atomic mass is 35.5. The van der Waals surface area contributed by atoms with Crippen LogP contribution >= 0.6 is 11.6 Å². The fourth-order valence-electron chi connectivity index (χ4n) is 2.43. The van der Waals surface area contributed by atoms with Crippen LogP contribution in [0.3, 0.4) is 0 Å². The van der Waals surface area contributed by atoms with E-state index in [1.54, 1.807) is 0 Å². The third-order valence-electron chi connectivity index (χ3n) is 4.08. The molecule has 0 aromatic carbocycles. The van der Waals surface area contributed by atoms with Crippen LogP contribution in [-0.2, 0) is 4.79 Å². The van der Waals surface area contributed by atoms with Gasteiger partial charge in [0.05, 0.1) is 0 Å². The molecule has 26 heavy (non-hydrogen) atoms. The Morgan fingerprint density at radius 3 is 1.73 bits per heavy atom. The van der Waals surface area contributed by atoms with Gasteiger partial charge in [0.1, 0.15) is 0 Å². The van der Waals surface area contributed by atoms with Crippen LogP contribution in [0.5, 0.6) is 0 Å². The zero-order valence-corrected chi connectivity index (χ0v) is 18.1. The minimum atomic E-state index is -0.671.